The minimum absolute atomic E-state index is 0.0141. The van der Waals surface area contributed by atoms with Crippen LogP contribution in [0.1, 0.15) is 23.0 Å². The first-order chi connectivity index (χ1) is 21.3. The van der Waals surface area contributed by atoms with Crippen LogP contribution in [0.4, 0.5) is 11.4 Å². The minimum Gasteiger partial charge on any atom is -0.457 e. The molecule has 0 saturated heterocycles. The summed E-state index contributed by atoms with van der Waals surface area (Å²) in [6.45, 7) is 1.84. The maximum atomic E-state index is 13.4. The molecule has 0 radical (unpaired) electrons. The quantitative estimate of drug-likeness (QED) is 0.103. The predicted octanol–water partition coefficient (Wildman–Crippen LogP) is 8.24. The number of anilines is 2. The monoisotopic (exact) mass is 665 g/mol. The second-order valence-corrected chi connectivity index (χ2v) is 12.0. The molecule has 1 heterocycles. The average Bonchev–Trinajstić information content (AvgIpc) is 3.51. The Kier molecular flexibility index (Phi) is 10.1. The van der Waals surface area contributed by atoms with Crippen molar-refractivity contribution in [3.8, 4) is 11.3 Å². The van der Waals surface area contributed by atoms with Crippen molar-refractivity contribution in [2.45, 2.75) is 17.1 Å². The SMILES string of the molecule is CC(Sc1ccc(NC(=O)/C(=C/c2ccc(-c3ccc(Br)cc3)o2)NC(=O)c2ccccc2)cc1)C(=O)Nc1ccccc1. The van der Waals surface area contributed by atoms with E-state index < -0.39 is 11.8 Å². The van der Waals surface area contributed by atoms with Gasteiger partial charge in [0.25, 0.3) is 11.8 Å². The lowest BCUT2D eigenvalue weighted by molar-refractivity contribution is -0.115. The number of thioether (sulfide) groups is 1. The van der Waals surface area contributed by atoms with Crippen molar-refractivity contribution in [2.24, 2.45) is 0 Å². The standard InChI is InChI=1S/C35H28BrN3O4S/c1-23(33(40)37-27-10-6-3-7-11-27)44-30-19-16-28(17-20-30)38-35(42)31(39-34(41)25-8-4-2-5-9-25)22-29-18-21-32(43-29)24-12-14-26(36)15-13-24/h2-23H,1H3,(H,37,40)(H,38,42)(H,39,41)/b31-22-. The molecule has 4 aromatic carbocycles. The highest BCUT2D eigenvalue weighted by atomic mass is 79.9. The average molecular weight is 667 g/mol. The molecule has 5 rings (SSSR count). The fraction of sp³-hybridized carbons (Fsp3) is 0.0571. The second-order valence-electron chi connectivity index (χ2n) is 9.68. The van der Waals surface area contributed by atoms with E-state index in [0.717, 1.165) is 20.6 Å². The molecule has 5 aromatic rings. The van der Waals surface area contributed by atoms with Crippen LogP contribution in [-0.2, 0) is 9.59 Å². The molecule has 0 spiro atoms. The smallest absolute Gasteiger partial charge is 0.272 e. The summed E-state index contributed by atoms with van der Waals surface area (Å²) < 4.78 is 6.93. The van der Waals surface area contributed by atoms with E-state index in [-0.39, 0.29) is 16.9 Å². The lowest BCUT2D eigenvalue weighted by Gasteiger charge is -2.13. The number of amides is 3. The van der Waals surface area contributed by atoms with E-state index in [9.17, 15) is 14.4 Å². The number of halogens is 1. The Morgan fingerprint density at radius 3 is 2.07 bits per heavy atom. The van der Waals surface area contributed by atoms with Crippen LogP contribution in [0.2, 0.25) is 0 Å². The molecule has 1 unspecified atom stereocenters. The van der Waals surface area contributed by atoms with Crippen LogP contribution < -0.4 is 16.0 Å². The lowest BCUT2D eigenvalue weighted by Crippen LogP contribution is -2.30. The van der Waals surface area contributed by atoms with Gasteiger partial charge in [-0.2, -0.15) is 0 Å². The van der Waals surface area contributed by atoms with Gasteiger partial charge in [-0.05, 0) is 79.7 Å². The fourth-order valence-electron chi connectivity index (χ4n) is 4.12. The summed E-state index contributed by atoms with van der Waals surface area (Å²) >= 11 is 4.84. The molecule has 0 bridgehead atoms. The van der Waals surface area contributed by atoms with Crippen LogP contribution in [0.15, 0.2) is 141 Å². The highest BCUT2D eigenvalue weighted by molar-refractivity contribution is 9.10. The predicted molar refractivity (Wildman–Crippen MR) is 179 cm³/mol. The fourth-order valence-corrected chi connectivity index (χ4v) is 5.25. The molecular weight excluding hydrogens is 638 g/mol. The largest absolute Gasteiger partial charge is 0.457 e. The molecule has 0 aliphatic rings. The maximum Gasteiger partial charge on any atom is 0.272 e. The van der Waals surface area contributed by atoms with Gasteiger partial charge >= 0.3 is 0 Å². The van der Waals surface area contributed by atoms with E-state index in [1.54, 1.807) is 48.5 Å². The number of benzene rings is 4. The zero-order valence-electron chi connectivity index (χ0n) is 23.6. The van der Waals surface area contributed by atoms with Crippen LogP contribution in [0.5, 0.6) is 0 Å². The van der Waals surface area contributed by atoms with Crippen molar-refractivity contribution < 1.29 is 18.8 Å². The Bertz CT molecular complexity index is 1770. The van der Waals surface area contributed by atoms with Crippen molar-refractivity contribution in [2.75, 3.05) is 10.6 Å². The van der Waals surface area contributed by atoms with Crippen LogP contribution in [0.25, 0.3) is 17.4 Å². The van der Waals surface area contributed by atoms with Gasteiger partial charge in [-0.1, -0.05) is 64.5 Å². The molecule has 0 fully saturated rings. The molecule has 7 nitrogen and oxygen atoms in total. The molecule has 3 N–H and O–H groups in total. The van der Waals surface area contributed by atoms with Crippen molar-refractivity contribution in [3.05, 3.63) is 143 Å². The second kappa shape index (κ2) is 14.5. The first-order valence-electron chi connectivity index (χ1n) is 13.7. The first-order valence-corrected chi connectivity index (χ1v) is 15.4. The number of hydrogen-bond donors (Lipinski definition) is 3. The van der Waals surface area contributed by atoms with E-state index in [1.165, 1.54) is 17.8 Å². The maximum absolute atomic E-state index is 13.4. The van der Waals surface area contributed by atoms with Gasteiger partial charge in [0.1, 0.15) is 17.2 Å². The summed E-state index contributed by atoms with van der Waals surface area (Å²) in [7, 11) is 0. The van der Waals surface area contributed by atoms with E-state index in [0.29, 0.717) is 22.8 Å². The highest BCUT2D eigenvalue weighted by Crippen LogP contribution is 2.27. The van der Waals surface area contributed by atoms with Crippen molar-refractivity contribution >= 4 is 62.9 Å². The van der Waals surface area contributed by atoms with Gasteiger partial charge in [-0.3, -0.25) is 14.4 Å². The van der Waals surface area contributed by atoms with E-state index in [2.05, 4.69) is 31.9 Å². The number of para-hydroxylation sites is 1. The van der Waals surface area contributed by atoms with Gasteiger partial charge in [-0.15, -0.1) is 11.8 Å². The zero-order chi connectivity index (χ0) is 30.9. The molecule has 0 saturated carbocycles. The lowest BCUT2D eigenvalue weighted by atomic mass is 10.2. The van der Waals surface area contributed by atoms with Crippen molar-refractivity contribution in [1.29, 1.82) is 0 Å². The van der Waals surface area contributed by atoms with Gasteiger partial charge in [-0.25, -0.2) is 0 Å². The van der Waals surface area contributed by atoms with Crippen LogP contribution >= 0.6 is 27.7 Å². The van der Waals surface area contributed by atoms with Crippen LogP contribution in [0.3, 0.4) is 0 Å². The highest BCUT2D eigenvalue weighted by Gasteiger charge is 2.18. The third-order valence-electron chi connectivity index (χ3n) is 6.41. The number of hydrogen-bond acceptors (Lipinski definition) is 5. The summed E-state index contributed by atoms with van der Waals surface area (Å²) in [5.41, 5.74) is 2.56. The number of rotatable bonds is 10. The van der Waals surface area contributed by atoms with Crippen LogP contribution in [-0.4, -0.2) is 23.0 Å². The molecule has 44 heavy (non-hydrogen) atoms. The third-order valence-corrected chi connectivity index (χ3v) is 8.05. The Hall–Kier alpha value is -4.86. The van der Waals surface area contributed by atoms with Gasteiger partial charge in [0.2, 0.25) is 5.91 Å². The zero-order valence-corrected chi connectivity index (χ0v) is 26.0. The summed E-state index contributed by atoms with van der Waals surface area (Å²) in [6.07, 6.45) is 1.50. The summed E-state index contributed by atoms with van der Waals surface area (Å²) in [5.74, 6) is -0.0366. The van der Waals surface area contributed by atoms with Crippen molar-refractivity contribution in [3.63, 3.8) is 0 Å². The Morgan fingerprint density at radius 1 is 0.750 bits per heavy atom. The molecule has 9 heteroatoms. The molecule has 1 atom stereocenters. The normalized spacial score (nSPS) is 11.8. The Labute approximate surface area is 267 Å². The third kappa shape index (κ3) is 8.37. The van der Waals surface area contributed by atoms with Gasteiger partial charge in [0, 0.05) is 37.9 Å². The summed E-state index contributed by atoms with van der Waals surface area (Å²) in [4.78, 5) is 39.9. The number of furan rings is 1. The van der Waals surface area contributed by atoms with E-state index >= 15 is 0 Å². The van der Waals surface area contributed by atoms with Crippen molar-refractivity contribution in [1.82, 2.24) is 5.32 Å². The van der Waals surface area contributed by atoms with E-state index in [4.69, 9.17) is 4.42 Å². The number of carbonyl (C=O) groups excluding carboxylic acids is 3. The Morgan fingerprint density at radius 2 is 1.39 bits per heavy atom. The molecular formula is C35H28BrN3O4S. The van der Waals surface area contributed by atoms with Gasteiger partial charge in [0.05, 0.1) is 5.25 Å². The minimum atomic E-state index is -0.521. The van der Waals surface area contributed by atoms with E-state index in [1.807, 2.05) is 79.7 Å². The number of carbonyl (C=O) groups is 3. The van der Waals surface area contributed by atoms with Crippen LogP contribution in [0, 0.1) is 0 Å². The Balaban J connectivity index is 1.29. The molecule has 3 amide bonds. The molecule has 1 aromatic heterocycles. The molecule has 220 valence electrons. The summed E-state index contributed by atoms with van der Waals surface area (Å²) in [5, 5.41) is 8.13. The van der Waals surface area contributed by atoms with Gasteiger partial charge < -0.3 is 20.4 Å². The number of nitrogens with one attached hydrogen (secondary N) is 3. The summed E-state index contributed by atoms with van der Waals surface area (Å²) in [6, 6.07) is 36.3. The first kappa shape index (κ1) is 30.6. The van der Waals surface area contributed by atoms with Gasteiger partial charge in [0.15, 0.2) is 0 Å². The molecule has 0 aliphatic carbocycles. The molecule has 0 aliphatic heterocycles. The topological polar surface area (TPSA) is 100 Å².